The van der Waals surface area contributed by atoms with Gasteiger partial charge < -0.3 is 126 Å². The Bertz CT molecular complexity index is 844. The molecule has 0 aliphatic heterocycles. The molecule has 0 saturated heterocycles. The van der Waals surface area contributed by atoms with Crippen LogP contribution >= 0.6 is 0 Å². The van der Waals surface area contributed by atoms with Crippen molar-refractivity contribution in [3.63, 3.8) is 0 Å². The maximum Gasteiger partial charge on any atom is 1.00 e. The zero-order valence-electron chi connectivity index (χ0n) is 29.9. The molecule has 0 radical (unpaired) electrons. The van der Waals surface area contributed by atoms with E-state index >= 15 is 0 Å². The predicted molar refractivity (Wildman–Crippen MR) is 102 cm³/mol. The number of rotatable bonds is 15. The molecule has 52 heavy (non-hydrogen) atoms. The van der Waals surface area contributed by atoms with Gasteiger partial charge in [0.05, 0.1) is 17.9 Å². The van der Waals surface area contributed by atoms with Gasteiger partial charge in [0, 0.05) is 74.3 Å². The first-order chi connectivity index (χ1) is 17.3. The van der Waals surface area contributed by atoms with Crippen LogP contribution in [-0.4, -0.2) is 108 Å². The SMILES string of the molecule is O.O.O.O.O=C([O-])CC(O)(CC(=O)[O-])C(=O)[O-].O=C([O-])CC(O)(CC(=O)[O-])C(=O)[O-].O=C([O-])CC(O)(CC(=O)[O-])C(=O)[O-].[Li+].[Li+].[Li+].[Li+].[Li+].[Li+].[Li+].[Li+].[Li+]. The Kier molecular flexibility index (Phi) is 99.1. The molecule has 25 nitrogen and oxygen atoms in total. The Morgan fingerprint density at radius 3 is 0.404 bits per heavy atom. The molecule has 0 aromatic carbocycles. The Hall–Kier alpha value is 0.327. The van der Waals surface area contributed by atoms with Gasteiger partial charge in [0.2, 0.25) is 0 Å². The van der Waals surface area contributed by atoms with Crippen LogP contribution in [0.1, 0.15) is 38.5 Å². The second-order valence-corrected chi connectivity index (χ2v) is 7.25. The molecule has 0 aliphatic carbocycles. The molecule has 0 unspecified atom stereocenters. The molecular formula is C18H23Li9O25. The Labute approximate surface area is 401 Å². The van der Waals surface area contributed by atoms with Gasteiger partial charge in [-0.1, -0.05) is 0 Å². The number of carboxylic acid groups (broad SMARTS) is 9. The van der Waals surface area contributed by atoms with Gasteiger partial charge >= 0.3 is 170 Å². The van der Waals surface area contributed by atoms with E-state index in [1.807, 2.05) is 0 Å². The van der Waals surface area contributed by atoms with Crippen molar-refractivity contribution < 1.29 is 296 Å². The molecule has 0 spiro atoms. The fraction of sp³-hybridized carbons (Fsp3) is 0.500. The minimum absolute atomic E-state index is 0. The molecule has 254 valence electrons. The van der Waals surface area contributed by atoms with Crippen molar-refractivity contribution in [2.75, 3.05) is 0 Å². The molecule has 0 aromatic heterocycles. The third kappa shape index (κ3) is 52.4. The summed E-state index contributed by atoms with van der Waals surface area (Å²) in [6.07, 6.45) is -8.15. The largest absolute Gasteiger partial charge is 1.00 e. The van der Waals surface area contributed by atoms with Crippen molar-refractivity contribution in [1.82, 2.24) is 0 Å². The van der Waals surface area contributed by atoms with E-state index < -0.39 is 109 Å². The van der Waals surface area contributed by atoms with Crippen LogP contribution in [0.15, 0.2) is 0 Å². The van der Waals surface area contributed by atoms with Crippen LogP contribution in [0.25, 0.3) is 0 Å². The average molecular weight is 702 g/mol. The van der Waals surface area contributed by atoms with E-state index in [0.29, 0.717) is 0 Å². The van der Waals surface area contributed by atoms with Crippen molar-refractivity contribution in [3.8, 4) is 0 Å². The minimum atomic E-state index is -2.97. The maximum atomic E-state index is 10.1. The monoisotopic (exact) mass is 702 g/mol. The Morgan fingerprint density at radius 2 is 0.365 bits per heavy atom. The van der Waals surface area contributed by atoms with Crippen LogP contribution in [0.3, 0.4) is 0 Å². The van der Waals surface area contributed by atoms with Gasteiger partial charge in [0.15, 0.2) is 0 Å². The molecule has 0 bridgehead atoms. The van der Waals surface area contributed by atoms with Crippen LogP contribution in [0.4, 0.5) is 0 Å². The van der Waals surface area contributed by atoms with Gasteiger partial charge in [-0.3, -0.25) is 0 Å². The molecule has 0 rings (SSSR count). The van der Waals surface area contributed by atoms with E-state index in [4.69, 9.17) is 15.3 Å². The number of carboxylic acids is 9. The van der Waals surface area contributed by atoms with E-state index in [9.17, 15) is 89.1 Å². The van der Waals surface area contributed by atoms with E-state index in [2.05, 4.69) is 0 Å². The Balaban J connectivity index is -0.0000000237. The van der Waals surface area contributed by atoms with Gasteiger partial charge in [-0.25, -0.2) is 0 Å². The van der Waals surface area contributed by atoms with Crippen LogP contribution < -0.4 is 216 Å². The summed E-state index contributed by atoms with van der Waals surface area (Å²) in [6.45, 7) is 0. The molecule has 0 heterocycles. The van der Waals surface area contributed by atoms with Gasteiger partial charge in [0.25, 0.3) is 0 Å². The zero-order chi connectivity index (χ0) is 31.9. The first-order valence-corrected chi connectivity index (χ1v) is 9.34. The average Bonchev–Trinajstić information content (AvgIpc) is 2.64. The molecule has 0 aromatic rings. The number of aliphatic carboxylic acids is 9. The Morgan fingerprint density at radius 1 is 0.288 bits per heavy atom. The standard InChI is InChI=1S/3C6H8O7.9Li.4H2O/c3*7-3(8)1-6(13,5(11)12)2-4(9)10;;;;;;;;;;;;;/h3*13H,1-2H2,(H,7,8)(H,9,10)(H,11,12);;;;;;;;;;4*1H2/q;;;9*+1;;;;/p-9. The first-order valence-electron chi connectivity index (χ1n) is 9.34. The van der Waals surface area contributed by atoms with Crippen molar-refractivity contribution in [3.05, 3.63) is 0 Å². The number of hydrogen-bond acceptors (Lipinski definition) is 21. The van der Waals surface area contributed by atoms with Crippen LogP contribution in [0.5, 0.6) is 0 Å². The van der Waals surface area contributed by atoms with Crippen LogP contribution in [-0.2, 0) is 43.2 Å². The molecule has 0 saturated carbocycles. The van der Waals surface area contributed by atoms with Gasteiger partial charge in [0.1, 0.15) is 16.8 Å². The number of carbonyl (C=O) groups excluding carboxylic acids is 9. The topological polar surface area (TPSA) is 548 Å². The smallest absolute Gasteiger partial charge is 0.550 e. The normalized spacial score (nSPS) is 8.13. The molecule has 34 heteroatoms. The van der Waals surface area contributed by atoms with E-state index in [1.165, 1.54) is 0 Å². The third-order valence-corrected chi connectivity index (χ3v) is 3.76. The minimum Gasteiger partial charge on any atom is -0.550 e. The molecule has 0 atom stereocenters. The quantitative estimate of drug-likeness (QED) is 0.133. The van der Waals surface area contributed by atoms with Gasteiger partial charge in [-0.05, 0) is 0 Å². The second kappa shape index (κ2) is 49.3. The summed E-state index contributed by atoms with van der Waals surface area (Å²) in [6, 6.07) is 0. The summed E-state index contributed by atoms with van der Waals surface area (Å²) in [5.41, 5.74) is -8.92. The fourth-order valence-electron chi connectivity index (χ4n) is 2.05. The van der Waals surface area contributed by atoms with Crippen molar-refractivity contribution in [2.24, 2.45) is 0 Å². The predicted octanol–water partition coefficient (Wildman–Crippen LogP) is -46.0. The summed E-state index contributed by atoms with van der Waals surface area (Å²) in [4.78, 5) is 90.0. The van der Waals surface area contributed by atoms with E-state index in [0.717, 1.165) is 0 Å². The van der Waals surface area contributed by atoms with Crippen molar-refractivity contribution >= 4 is 53.7 Å². The van der Waals surface area contributed by atoms with Gasteiger partial charge in [-0.15, -0.1) is 0 Å². The second-order valence-electron chi connectivity index (χ2n) is 7.25. The van der Waals surface area contributed by atoms with Crippen LogP contribution in [0, 0.1) is 0 Å². The number of hydrogen-bond donors (Lipinski definition) is 3. The molecule has 0 amide bonds. The molecular weight excluding hydrogens is 679 g/mol. The van der Waals surface area contributed by atoms with Crippen molar-refractivity contribution in [2.45, 2.75) is 55.3 Å². The summed E-state index contributed by atoms with van der Waals surface area (Å²) in [5.74, 6) is -18.0. The van der Waals surface area contributed by atoms with Crippen molar-refractivity contribution in [1.29, 1.82) is 0 Å². The zero-order valence-corrected chi connectivity index (χ0v) is 29.9. The van der Waals surface area contributed by atoms with Gasteiger partial charge in [-0.2, -0.15) is 0 Å². The number of carbonyl (C=O) groups is 9. The third-order valence-electron chi connectivity index (χ3n) is 3.76. The summed E-state index contributed by atoms with van der Waals surface area (Å²) < 4.78 is 0. The van der Waals surface area contributed by atoms with Crippen LogP contribution in [0.2, 0.25) is 0 Å². The molecule has 11 N–H and O–H groups in total. The summed E-state index contributed by atoms with van der Waals surface area (Å²) in [7, 11) is 0. The maximum absolute atomic E-state index is 10.1. The molecule has 0 aliphatic rings. The van der Waals surface area contributed by atoms with E-state index in [-0.39, 0.29) is 192 Å². The number of aliphatic hydroxyl groups is 3. The fourth-order valence-corrected chi connectivity index (χ4v) is 2.05. The summed E-state index contributed by atoms with van der Waals surface area (Å²) >= 11 is 0. The summed E-state index contributed by atoms with van der Waals surface area (Å²) in [5, 5.41) is 117. The van der Waals surface area contributed by atoms with E-state index in [1.54, 1.807) is 0 Å². The molecule has 0 fully saturated rings. The first kappa shape index (κ1) is 104.